The molecule has 1 aromatic carbocycles. The van der Waals surface area contributed by atoms with E-state index in [1.807, 2.05) is 44.2 Å². The maximum atomic E-state index is 13.2. The van der Waals surface area contributed by atoms with Crippen LogP contribution in [0.5, 0.6) is 0 Å². The minimum atomic E-state index is -1.58. The third-order valence-electron chi connectivity index (χ3n) is 8.80. The number of nitrogens with one attached hydrogen (secondary N) is 2. The van der Waals surface area contributed by atoms with Crippen LogP contribution < -0.4 is 16.4 Å². The van der Waals surface area contributed by atoms with Crippen molar-refractivity contribution in [2.45, 2.75) is 76.4 Å². The molecule has 2 heterocycles. The van der Waals surface area contributed by atoms with Crippen LogP contribution in [-0.4, -0.2) is 119 Å². The molecule has 3 rings (SSSR count). The van der Waals surface area contributed by atoms with Crippen LogP contribution in [0, 0.1) is 0 Å². The molecule has 14 heteroatoms. The number of piperidine rings is 1. The summed E-state index contributed by atoms with van der Waals surface area (Å²) in [6.45, 7) is 5.05. The van der Waals surface area contributed by atoms with E-state index >= 15 is 0 Å². The average Bonchev–Trinajstić information content (AvgIpc) is 3.26. The number of hydrogen-bond donors (Lipinski definition) is 5. The Balaban J connectivity index is 1.43. The van der Waals surface area contributed by atoms with Gasteiger partial charge in [0.05, 0.1) is 6.54 Å². The zero-order valence-corrected chi connectivity index (χ0v) is 26.3. The highest BCUT2D eigenvalue weighted by Crippen LogP contribution is 2.29. The second-order valence-corrected chi connectivity index (χ2v) is 12.1. The summed E-state index contributed by atoms with van der Waals surface area (Å²) >= 11 is 0. The van der Waals surface area contributed by atoms with Crippen molar-refractivity contribution in [1.29, 1.82) is 0 Å². The zero-order chi connectivity index (χ0) is 33.0. The molecule has 0 aliphatic carbocycles. The molecule has 0 spiro atoms. The van der Waals surface area contributed by atoms with E-state index in [4.69, 9.17) is 5.73 Å². The molecule has 246 valence electrons. The quantitative estimate of drug-likeness (QED) is 0.118. The van der Waals surface area contributed by atoms with Crippen molar-refractivity contribution in [3.05, 3.63) is 47.4 Å². The first-order chi connectivity index (χ1) is 21.4. The van der Waals surface area contributed by atoms with Gasteiger partial charge in [0, 0.05) is 37.6 Å². The van der Waals surface area contributed by atoms with E-state index < -0.39 is 24.6 Å². The van der Waals surface area contributed by atoms with Gasteiger partial charge in [0.25, 0.3) is 0 Å². The summed E-state index contributed by atoms with van der Waals surface area (Å²) in [5, 5.41) is 23.9. The van der Waals surface area contributed by atoms with Crippen molar-refractivity contribution in [2.75, 3.05) is 39.3 Å². The van der Waals surface area contributed by atoms with E-state index in [2.05, 4.69) is 10.6 Å². The number of benzene rings is 1. The van der Waals surface area contributed by atoms with Gasteiger partial charge in [0.15, 0.2) is 0 Å². The molecule has 0 saturated carbocycles. The molecule has 0 aromatic heterocycles. The molecule has 0 bridgehead atoms. The summed E-state index contributed by atoms with van der Waals surface area (Å²) in [5.74, 6) is 0.0916. The summed E-state index contributed by atoms with van der Waals surface area (Å²) in [5.41, 5.74) is 6.94. The Hall–Kier alpha value is -3.75. The first-order valence-electron chi connectivity index (χ1n) is 15.6. The van der Waals surface area contributed by atoms with Gasteiger partial charge in [-0.05, 0) is 64.5 Å². The smallest absolute Gasteiger partial charge is 0.424 e. The number of aryl methyl sites for hydroxylation is 1. The van der Waals surface area contributed by atoms with Crippen LogP contribution in [0.4, 0.5) is 0 Å². The maximum Gasteiger partial charge on any atom is 0.480 e. The standard InChI is InChI=1S/C31H47BN6O7/c1-23-18-26(35-28(41)20-34-27(40)9-8-24-6-4-3-5-7-24)30(43)38(23)21-29(42)36-16-12-31(2,13-17-36)37(22-39)15-11-25(10-14-33)19-32(44)45/h3-7,19,22-23,26,44-45H,8-18,20-21,33H2,1-2H3,(H,34,40)(H,35,41)/b25-19+. The SMILES string of the molecule is CC1CC(NC(=O)CNC(=O)CCc2ccccc2)C(=O)N1CC(=O)N1CCC(C)(N(C=O)CC/C(=C/B(O)O)CCN)CC1. The van der Waals surface area contributed by atoms with Crippen LogP contribution in [0.25, 0.3) is 0 Å². The van der Waals surface area contributed by atoms with Crippen LogP contribution >= 0.6 is 0 Å². The van der Waals surface area contributed by atoms with Crippen molar-refractivity contribution in [3.63, 3.8) is 0 Å². The van der Waals surface area contributed by atoms with Gasteiger partial charge in [0.2, 0.25) is 30.0 Å². The van der Waals surface area contributed by atoms with Gasteiger partial charge in [0.1, 0.15) is 12.6 Å². The molecule has 6 N–H and O–H groups in total. The summed E-state index contributed by atoms with van der Waals surface area (Å²) in [7, 11) is -1.58. The molecule has 2 saturated heterocycles. The predicted molar refractivity (Wildman–Crippen MR) is 169 cm³/mol. The van der Waals surface area contributed by atoms with Gasteiger partial charge >= 0.3 is 7.12 Å². The van der Waals surface area contributed by atoms with Crippen LogP contribution in [0.3, 0.4) is 0 Å². The van der Waals surface area contributed by atoms with Crippen LogP contribution in [0.2, 0.25) is 0 Å². The molecule has 2 fully saturated rings. The molecule has 2 atom stereocenters. The number of hydrogen-bond acceptors (Lipinski definition) is 8. The summed E-state index contributed by atoms with van der Waals surface area (Å²) in [4.78, 5) is 67.8. The molecule has 1 aromatic rings. The molecule has 5 amide bonds. The highest BCUT2D eigenvalue weighted by molar-refractivity contribution is 6.47. The minimum absolute atomic E-state index is 0.104. The maximum absolute atomic E-state index is 13.2. The zero-order valence-electron chi connectivity index (χ0n) is 26.3. The number of carbonyl (C=O) groups is 5. The Labute approximate surface area is 265 Å². The molecular weight excluding hydrogens is 579 g/mol. The monoisotopic (exact) mass is 626 g/mol. The lowest BCUT2D eigenvalue weighted by atomic mass is 9.85. The van der Waals surface area contributed by atoms with Gasteiger partial charge < -0.3 is 41.1 Å². The van der Waals surface area contributed by atoms with E-state index in [0.29, 0.717) is 64.7 Å². The molecule has 45 heavy (non-hydrogen) atoms. The van der Waals surface area contributed by atoms with E-state index in [1.54, 1.807) is 9.80 Å². The Bertz CT molecular complexity index is 1210. The molecule has 13 nitrogen and oxygen atoms in total. The van der Waals surface area contributed by atoms with Crippen LogP contribution in [0.15, 0.2) is 41.9 Å². The normalized spacial score (nSPS) is 19.7. The first kappa shape index (κ1) is 35.7. The fourth-order valence-electron chi connectivity index (χ4n) is 5.93. The van der Waals surface area contributed by atoms with E-state index in [1.165, 1.54) is 10.9 Å². The van der Waals surface area contributed by atoms with Gasteiger partial charge in [-0.15, -0.1) is 0 Å². The van der Waals surface area contributed by atoms with E-state index in [-0.39, 0.29) is 43.3 Å². The van der Waals surface area contributed by atoms with Crippen molar-refractivity contribution < 1.29 is 34.0 Å². The molecule has 2 unspecified atom stereocenters. The second-order valence-electron chi connectivity index (χ2n) is 12.1. The number of nitrogens with zero attached hydrogens (tertiary/aromatic N) is 3. The number of amides is 5. The van der Waals surface area contributed by atoms with Crippen LogP contribution in [-0.2, 0) is 30.4 Å². The number of nitrogens with two attached hydrogens (primary N) is 1. The highest BCUT2D eigenvalue weighted by atomic mass is 16.4. The summed E-state index contributed by atoms with van der Waals surface area (Å²) in [6.07, 6.45) is 4.02. The Morgan fingerprint density at radius 3 is 2.42 bits per heavy atom. The van der Waals surface area contributed by atoms with Crippen molar-refractivity contribution in [3.8, 4) is 0 Å². The first-order valence-corrected chi connectivity index (χ1v) is 15.6. The number of carbonyl (C=O) groups excluding carboxylic acids is 5. The molecule has 2 aliphatic rings. The molecular formula is C31H47BN6O7. The Morgan fingerprint density at radius 2 is 1.80 bits per heavy atom. The lowest BCUT2D eigenvalue weighted by Crippen LogP contribution is -2.56. The summed E-state index contributed by atoms with van der Waals surface area (Å²) in [6, 6.07) is 8.56. The largest absolute Gasteiger partial charge is 0.480 e. The number of likely N-dealkylation sites (tertiary alicyclic amines) is 2. The topological polar surface area (TPSA) is 186 Å². The van der Waals surface area contributed by atoms with Gasteiger partial charge in [-0.3, -0.25) is 24.0 Å². The van der Waals surface area contributed by atoms with Crippen molar-refractivity contribution in [1.82, 2.24) is 25.3 Å². The Kier molecular flexibility index (Phi) is 13.6. The number of rotatable bonds is 16. The van der Waals surface area contributed by atoms with Gasteiger partial charge in [-0.1, -0.05) is 41.9 Å². The second kappa shape index (κ2) is 17.1. The molecule has 2 aliphatic heterocycles. The van der Waals surface area contributed by atoms with E-state index in [0.717, 1.165) is 17.5 Å². The third kappa shape index (κ3) is 10.7. The lowest BCUT2D eigenvalue weighted by Gasteiger charge is -2.45. The van der Waals surface area contributed by atoms with Crippen molar-refractivity contribution in [2.24, 2.45) is 5.73 Å². The fourth-order valence-corrected chi connectivity index (χ4v) is 5.93. The fraction of sp³-hybridized carbons (Fsp3) is 0.581. The van der Waals surface area contributed by atoms with Crippen LogP contribution in [0.1, 0.15) is 57.9 Å². The van der Waals surface area contributed by atoms with Gasteiger partial charge in [-0.25, -0.2) is 0 Å². The van der Waals surface area contributed by atoms with E-state index in [9.17, 15) is 34.0 Å². The minimum Gasteiger partial charge on any atom is -0.424 e. The lowest BCUT2D eigenvalue weighted by molar-refractivity contribution is -0.142. The average molecular weight is 627 g/mol. The Morgan fingerprint density at radius 1 is 1.11 bits per heavy atom. The van der Waals surface area contributed by atoms with Crippen molar-refractivity contribution >= 4 is 37.2 Å². The van der Waals surface area contributed by atoms with Gasteiger partial charge in [-0.2, -0.15) is 0 Å². The predicted octanol–water partition coefficient (Wildman–Crippen LogP) is -0.642. The third-order valence-corrected chi connectivity index (χ3v) is 8.80. The molecule has 0 radical (unpaired) electrons. The summed E-state index contributed by atoms with van der Waals surface area (Å²) < 4.78 is 0. The highest BCUT2D eigenvalue weighted by Gasteiger charge is 2.41.